The van der Waals surface area contributed by atoms with Gasteiger partial charge in [-0.15, -0.1) is 0 Å². The van der Waals surface area contributed by atoms with Gasteiger partial charge in [0.25, 0.3) is 5.95 Å². The topological polar surface area (TPSA) is 79.9 Å². The average molecular weight is 326 g/mol. The van der Waals surface area contributed by atoms with Crippen LogP contribution in [0.1, 0.15) is 12.5 Å². The molecule has 1 unspecified atom stereocenters. The molecule has 2 heterocycles. The second-order valence-electron chi connectivity index (χ2n) is 5.81. The smallest absolute Gasteiger partial charge is 0.255 e. The highest BCUT2D eigenvalue weighted by Gasteiger charge is 2.23. The van der Waals surface area contributed by atoms with E-state index < -0.39 is 0 Å². The molecule has 1 aromatic carbocycles. The number of anilines is 4. The number of ether oxygens (including phenoxy) is 1. The van der Waals surface area contributed by atoms with Crippen molar-refractivity contribution in [3.63, 3.8) is 0 Å². The van der Waals surface area contributed by atoms with Crippen LogP contribution in [-0.4, -0.2) is 42.5 Å². The molecule has 0 saturated carbocycles. The van der Waals surface area contributed by atoms with Crippen LogP contribution in [0.15, 0.2) is 35.4 Å². The van der Waals surface area contributed by atoms with Crippen molar-refractivity contribution in [2.45, 2.75) is 19.9 Å². The van der Waals surface area contributed by atoms with E-state index in [9.17, 15) is 0 Å². The first-order valence-corrected chi connectivity index (χ1v) is 7.91. The van der Waals surface area contributed by atoms with Crippen molar-refractivity contribution >= 4 is 30.0 Å². The zero-order chi connectivity index (χ0) is 17.1. The Morgan fingerprint density at radius 1 is 1.38 bits per heavy atom. The number of hydrogen-bond acceptors (Lipinski definition) is 7. The second-order valence-corrected chi connectivity index (χ2v) is 5.81. The van der Waals surface area contributed by atoms with Crippen molar-refractivity contribution in [3.8, 4) is 0 Å². The number of aromatic nitrogens is 2. The first-order valence-electron chi connectivity index (χ1n) is 7.91. The highest BCUT2D eigenvalue weighted by atomic mass is 16.5. The highest BCUT2D eigenvalue weighted by molar-refractivity contribution is 5.64. The largest absolute Gasteiger partial charge is 0.383 e. The first-order chi connectivity index (χ1) is 11.6. The normalized spacial score (nSPS) is 17.6. The maximum absolute atomic E-state index is 6.02. The molecule has 0 bridgehead atoms. The number of hydrazone groups is 1. The molecule has 0 spiro atoms. The van der Waals surface area contributed by atoms with Crippen LogP contribution in [0.2, 0.25) is 0 Å². The molecule has 1 aliphatic rings. The Morgan fingerprint density at radius 2 is 2.17 bits per heavy atom. The van der Waals surface area contributed by atoms with Gasteiger partial charge in [0, 0.05) is 19.3 Å². The standard InChI is InChI=1S/C17H22N6O/c1-12-6-4-5-7-14(12)23(19-3)17-20-15(18)10-16(21-17)22-8-9-24-11-13(22)2/h4-7,10,13H,3,8-9,11H2,1-2H3,(H2,18,20,21). The summed E-state index contributed by atoms with van der Waals surface area (Å²) >= 11 is 0. The number of hydrogen-bond donors (Lipinski definition) is 1. The molecule has 1 saturated heterocycles. The first kappa shape index (κ1) is 16.2. The Balaban J connectivity index is 2.01. The highest BCUT2D eigenvalue weighted by Crippen LogP contribution is 2.29. The summed E-state index contributed by atoms with van der Waals surface area (Å²) in [5.41, 5.74) is 7.95. The third kappa shape index (κ3) is 3.16. The molecule has 24 heavy (non-hydrogen) atoms. The van der Waals surface area contributed by atoms with Crippen LogP contribution < -0.4 is 15.6 Å². The molecule has 1 aliphatic heterocycles. The number of benzene rings is 1. The average Bonchev–Trinajstić information content (AvgIpc) is 2.57. The van der Waals surface area contributed by atoms with Gasteiger partial charge in [-0.25, -0.2) is 0 Å². The summed E-state index contributed by atoms with van der Waals surface area (Å²) in [5.74, 6) is 1.58. The van der Waals surface area contributed by atoms with Crippen LogP contribution in [0.3, 0.4) is 0 Å². The third-order valence-electron chi connectivity index (χ3n) is 4.06. The molecule has 2 N–H and O–H groups in total. The molecular formula is C17H22N6O. The maximum Gasteiger partial charge on any atom is 0.255 e. The van der Waals surface area contributed by atoms with E-state index in [2.05, 4.69) is 33.6 Å². The monoisotopic (exact) mass is 326 g/mol. The number of rotatable bonds is 4. The minimum Gasteiger partial charge on any atom is -0.383 e. The SMILES string of the molecule is C=NN(c1nc(N)cc(N2CCOCC2C)n1)c1ccccc1C. The fourth-order valence-electron chi connectivity index (χ4n) is 2.80. The minimum atomic E-state index is 0.226. The van der Waals surface area contributed by atoms with Crippen molar-refractivity contribution in [3.05, 3.63) is 35.9 Å². The second kappa shape index (κ2) is 6.84. The summed E-state index contributed by atoms with van der Waals surface area (Å²) in [6, 6.07) is 9.88. The maximum atomic E-state index is 6.02. The molecule has 0 radical (unpaired) electrons. The predicted octanol–water partition coefficient (Wildman–Crippen LogP) is 2.35. The zero-order valence-corrected chi connectivity index (χ0v) is 14.0. The quantitative estimate of drug-likeness (QED) is 0.686. The van der Waals surface area contributed by atoms with Crippen molar-refractivity contribution in [1.82, 2.24) is 9.97 Å². The fraction of sp³-hybridized carbons (Fsp3) is 0.353. The van der Waals surface area contributed by atoms with Crippen LogP contribution in [-0.2, 0) is 4.74 Å². The van der Waals surface area contributed by atoms with E-state index in [0.717, 1.165) is 23.6 Å². The van der Waals surface area contributed by atoms with Gasteiger partial charge in [-0.2, -0.15) is 20.1 Å². The van der Waals surface area contributed by atoms with Gasteiger partial charge in [0.2, 0.25) is 0 Å². The molecule has 1 fully saturated rings. The van der Waals surface area contributed by atoms with Crippen LogP contribution >= 0.6 is 0 Å². The summed E-state index contributed by atoms with van der Waals surface area (Å²) in [5, 5.41) is 5.71. The van der Waals surface area contributed by atoms with E-state index in [4.69, 9.17) is 10.5 Å². The molecule has 126 valence electrons. The summed E-state index contributed by atoms with van der Waals surface area (Å²) < 4.78 is 5.49. The molecular weight excluding hydrogens is 304 g/mol. The van der Waals surface area contributed by atoms with Crippen LogP contribution in [0.4, 0.5) is 23.3 Å². The Labute approximate surface area is 141 Å². The molecule has 7 nitrogen and oxygen atoms in total. The Morgan fingerprint density at radius 3 is 2.88 bits per heavy atom. The lowest BCUT2D eigenvalue weighted by Crippen LogP contribution is -2.44. The van der Waals surface area contributed by atoms with E-state index in [1.165, 1.54) is 0 Å². The minimum absolute atomic E-state index is 0.226. The number of nitrogens with zero attached hydrogens (tertiary/aromatic N) is 5. The summed E-state index contributed by atoms with van der Waals surface area (Å²) in [7, 11) is 0. The van der Waals surface area contributed by atoms with Gasteiger partial charge < -0.3 is 15.4 Å². The number of para-hydroxylation sites is 1. The molecule has 2 aromatic rings. The third-order valence-corrected chi connectivity index (χ3v) is 4.06. The Bertz CT molecular complexity index is 735. The van der Waals surface area contributed by atoms with E-state index in [1.54, 1.807) is 11.1 Å². The lowest BCUT2D eigenvalue weighted by atomic mass is 10.2. The molecule has 1 atom stereocenters. The van der Waals surface area contributed by atoms with Gasteiger partial charge in [-0.05, 0) is 25.5 Å². The number of morpholine rings is 1. The van der Waals surface area contributed by atoms with Crippen molar-refractivity contribution in [2.75, 3.05) is 35.4 Å². The van der Waals surface area contributed by atoms with Gasteiger partial charge in [0.15, 0.2) is 0 Å². The Kier molecular flexibility index (Phi) is 4.61. The van der Waals surface area contributed by atoms with Gasteiger partial charge in [-0.1, -0.05) is 18.2 Å². The molecule has 0 amide bonds. The molecule has 1 aromatic heterocycles. The summed E-state index contributed by atoms with van der Waals surface area (Å²) in [4.78, 5) is 11.2. The molecule has 0 aliphatic carbocycles. The summed E-state index contributed by atoms with van der Waals surface area (Å²) in [6.45, 7) is 9.87. The Hall–Kier alpha value is -2.67. The lowest BCUT2D eigenvalue weighted by Gasteiger charge is -2.34. The van der Waals surface area contributed by atoms with Gasteiger partial charge >= 0.3 is 0 Å². The van der Waals surface area contributed by atoms with E-state index in [0.29, 0.717) is 25.0 Å². The molecule has 3 rings (SSSR count). The van der Waals surface area contributed by atoms with E-state index in [1.807, 2.05) is 31.2 Å². The number of nitrogen functional groups attached to an aromatic ring is 1. The van der Waals surface area contributed by atoms with Crippen molar-refractivity contribution < 1.29 is 4.74 Å². The van der Waals surface area contributed by atoms with E-state index >= 15 is 0 Å². The van der Waals surface area contributed by atoms with Crippen molar-refractivity contribution in [2.24, 2.45) is 5.10 Å². The van der Waals surface area contributed by atoms with Crippen LogP contribution in [0.25, 0.3) is 0 Å². The van der Waals surface area contributed by atoms with Gasteiger partial charge in [-0.3, -0.25) is 0 Å². The van der Waals surface area contributed by atoms with Gasteiger partial charge in [0.1, 0.15) is 11.6 Å². The zero-order valence-electron chi connectivity index (χ0n) is 14.0. The summed E-state index contributed by atoms with van der Waals surface area (Å²) in [6.07, 6.45) is 0. The van der Waals surface area contributed by atoms with Crippen molar-refractivity contribution in [1.29, 1.82) is 0 Å². The fourth-order valence-corrected chi connectivity index (χ4v) is 2.80. The van der Waals surface area contributed by atoms with Gasteiger partial charge in [0.05, 0.1) is 24.9 Å². The molecule has 7 heteroatoms. The van der Waals surface area contributed by atoms with E-state index in [-0.39, 0.29) is 6.04 Å². The number of nitrogens with two attached hydrogens (primary N) is 1. The van der Waals surface area contributed by atoms with Crippen LogP contribution in [0.5, 0.6) is 0 Å². The lowest BCUT2D eigenvalue weighted by molar-refractivity contribution is 0.0985. The van der Waals surface area contributed by atoms with Crippen LogP contribution in [0, 0.1) is 6.92 Å². The predicted molar refractivity (Wildman–Crippen MR) is 96.9 cm³/mol. The number of aryl methyl sites for hydroxylation is 1.